The summed E-state index contributed by atoms with van der Waals surface area (Å²) in [6, 6.07) is 18.6. The van der Waals surface area contributed by atoms with E-state index in [9.17, 15) is 4.79 Å². The lowest BCUT2D eigenvalue weighted by Gasteiger charge is -1.96. The molecule has 0 bridgehead atoms. The van der Waals surface area contributed by atoms with Crippen LogP contribution in [0.2, 0.25) is 0 Å². The minimum absolute atomic E-state index is 0. The maximum atomic E-state index is 10.6. The minimum Gasteiger partial charge on any atom is -0.478 e. The third-order valence-corrected chi connectivity index (χ3v) is 3.40. The Labute approximate surface area is 150 Å². The van der Waals surface area contributed by atoms with Crippen LogP contribution in [0, 0.1) is 0 Å². The molecule has 0 fully saturated rings. The highest BCUT2D eigenvalue weighted by Gasteiger charge is 2.02. The number of rotatable bonds is 2. The molecule has 25 heavy (non-hydrogen) atoms. The average molecular weight is 354 g/mol. The van der Waals surface area contributed by atoms with Crippen molar-refractivity contribution in [1.29, 1.82) is 0 Å². The van der Waals surface area contributed by atoms with E-state index in [1.807, 2.05) is 42.5 Å². The van der Waals surface area contributed by atoms with E-state index in [-0.39, 0.29) is 12.4 Å². The van der Waals surface area contributed by atoms with Crippen molar-refractivity contribution in [2.24, 2.45) is 0 Å². The van der Waals surface area contributed by atoms with Crippen LogP contribution in [0.3, 0.4) is 0 Å². The van der Waals surface area contributed by atoms with Crippen LogP contribution in [0.1, 0.15) is 10.4 Å². The van der Waals surface area contributed by atoms with Crippen LogP contribution >= 0.6 is 12.4 Å². The zero-order valence-electron chi connectivity index (χ0n) is 13.2. The van der Waals surface area contributed by atoms with Crippen LogP contribution < -0.4 is 0 Å². The zero-order chi connectivity index (χ0) is 16.8. The normalized spacial score (nSPS) is 9.60. The molecule has 0 aliphatic heterocycles. The van der Waals surface area contributed by atoms with E-state index in [4.69, 9.17) is 5.11 Å². The maximum absolute atomic E-state index is 10.6. The van der Waals surface area contributed by atoms with Gasteiger partial charge in [0.15, 0.2) is 5.82 Å². The smallest absolute Gasteiger partial charge is 0.335 e. The third-order valence-electron chi connectivity index (χ3n) is 3.40. The lowest BCUT2D eigenvalue weighted by molar-refractivity contribution is 0.0697. The van der Waals surface area contributed by atoms with E-state index in [0.29, 0.717) is 5.56 Å². The number of carboxylic acid groups (broad SMARTS) is 1. The lowest BCUT2D eigenvalue weighted by atomic mass is 10.1. The Kier molecular flexibility index (Phi) is 6.26. The van der Waals surface area contributed by atoms with E-state index in [2.05, 4.69) is 15.0 Å². The first-order valence-corrected chi connectivity index (χ1v) is 7.37. The summed E-state index contributed by atoms with van der Waals surface area (Å²) in [6.45, 7) is 0. The van der Waals surface area contributed by atoms with Crippen molar-refractivity contribution in [2.45, 2.75) is 0 Å². The van der Waals surface area contributed by atoms with Gasteiger partial charge in [-0.05, 0) is 30.3 Å². The Morgan fingerprint density at radius 2 is 1.64 bits per heavy atom. The molecular weight excluding hydrogens is 338 g/mol. The first kappa shape index (κ1) is 18.2. The Morgan fingerprint density at radius 3 is 2.32 bits per heavy atom. The fourth-order valence-corrected chi connectivity index (χ4v) is 2.22. The molecule has 0 atom stereocenters. The van der Waals surface area contributed by atoms with Crippen molar-refractivity contribution in [3.63, 3.8) is 0 Å². The van der Waals surface area contributed by atoms with Crippen LogP contribution in [-0.4, -0.2) is 26.0 Å². The maximum Gasteiger partial charge on any atom is 0.335 e. The Morgan fingerprint density at radius 1 is 0.920 bits per heavy atom. The van der Waals surface area contributed by atoms with Gasteiger partial charge in [-0.2, -0.15) is 0 Å². The van der Waals surface area contributed by atoms with Gasteiger partial charge in [0.1, 0.15) is 0 Å². The summed E-state index contributed by atoms with van der Waals surface area (Å²) < 4.78 is 0. The van der Waals surface area contributed by atoms with Gasteiger partial charge < -0.3 is 10.1 Å². The molecule has 6 heteroatoms. The number of benzene rings is 2. The van der Waals surface area contributed by atoms with Gasteiger partial charge >= 0.3 is 5.97 Å². The summed E-state index contributed by atoms with van der Waals surface area (Å²) >= 11 is 0. The van der Waals surface area contributed by atoms with Gasteiger partial charge in [0.05, 0.1) is 5.56 Å². The molecule has 0 saturated carbocycles. The number of carbonyl (C=O) groups is 1. The Bertz CT molecular complexity index is 903. The highest BCUT2D eigenvalue weighted by atomic mass is 35.5. The van der Waals surface area contributed by atoms with Gasteiger partial charge in [-0.25, -0.2) is 14.8 Å². The molecule has 0 unspecified atom stereocenters. The highest BCUT2D eigenvalue weighted by Crippen LogP contribution is 2.14. The van der Waals surface area contributed by atoms with E-state index in [0.717, 1.165) is 22.3 Å². The van der Waals surface area contributed by atoms with Crippen LogP contribution in [0.4, 0.5) is 0 Å². The molecule has 0 spiro atoms. The number of hydrogen-bond acceptors (Lipinski definition) is 3. The number of H-pyrrole nitrogens is 1. The molecule has 4 rings (SSSR count). The van der Waals surface area contributed by atoms with Crippen molar-refractivity contribution in [2.75, 3.05) is 0 Å². The number of aromatic carboxylic acids is 1. The number of nitrogens with one attached hydrogen (secondary N) is 1. The van der Waals surface area contributed by atoms with Gasteiger partial charge in [0.2, 0.25) is 0 Å². The first-order valence-electron chi connectivity index (χ1n) is 7.37. The second kappa shape index (κ2) is 8.61. The summed E-state index contributed by atoms with van der Waals surface area (Å²) in [4.78, 5) is 21.8. The summed E-state index contributed by atoms with van der Waals surface area (Å²) in [6.07, 6.45) is 5.28. The standard InChI is InChI=1S/C10H8N2.C9H7NO2.ClH/c1-2-5-9(6-3-1)10-11-7-4-8-12-10;11-9(12)7-1-2-8-6(5-7)3-4-10-8;/h1-8H;1-5,10H,(H,11,12);1H. The van der Waals surface area contributed by atoms with Crippen LogP contribution in [-0.2, 0) is 0 Å². The number of aromatic amines is 1. The van der Waals surface area contributed by atoms with E-state index >= 15 is 0 Å². The van der Waals surface area contributed by atoms with E-state index in [1.165, 1.54) is 0 Å². The van der Waals surface area contributed by atoms with E-state index < -0.39 is 5.97 Å². The quantitative estimate of drug-likeness (QED) is 0.558. The predicted octanol–water partition coefficient (Wildman–Crippen LogP) is 4.43. The van der Waals surface area contributed by atoms with Crippen LogP contribution in [0.5, 0.6) is 0 Å². The van der Waals surface area contributed by atoms with E-state index in [1.54, 1.807) is 36.8 Å². The summed E-state index contributed by atoms with van der Waals surface area (Å²) in [5.74, 6) is -0.115. The number of nitrogens with zero attached hydrogens (tertiary/aromatic N) is 2. The Hall–Kier alpha value is -3.18. The molecule has 0 amide bonds. The molecule has 0 aliphatic carbocycles. The molecule has 126 valence electrons. The molecular formula is C19H16ClN3O2. The summed E-state index contributed by atoms with van der Waals surface area (Å²) in [5.41, 5.74) is 2.33. The SMILES string of the molecule is Cl.O=C(O)c1ccc2[nH]ccc2c1.c1ccc(-c2ncccn2)cc1. The van der Waals surface area contributed by atoms with Gasteiger partial charge in [0, 0.05) is 35.1 Å². The molecule has 0 aliphatic rings. The van der Waals surface area contributed by atoms with Gasteiger partial charge in [-0.1, -0.05) is 30.3 Å². The summed E-state index contributed by atoms with van der Waals surface area (Å²) in [5, 5.41) is 9.60. The predicted molar refractivity (Wildman–Crippen MR) is 100.0 cm³/mol. The van der Waals surface area contributed by atoms with Gasteiger partial charge in [-0.15, -0.1) is 12.4 Å². The minimum atomic E-state index is -0.891. The number of aromatic nitrogens is 3. The third kappa shape index (κ3) is 4.65. The fourth-order valence-electron chi connectivity index (χ4n) is 2.22. The number of carboxylic acids is 1. The molecule has 2 aromatic heterocycles. The molecule has 4 aromatic rings. The number of halogens is 1. The molecule has 0 saturated heterocycles. The van der Waals surface area contributed by atoms with Crippen molar-refractivity contribution < 1.29 is 9.90 Å². The highest BCUT2D eigenvalue weighted by molar-refractivity contribution is 5.93. The second-order valence-electron chi connectivity index (χ2n) is 5.02. The molecule has 2 aromatic carbocycles. The van der Waals surface area contributed by atoms with Gasteiger partial charge in [0.25, 0.3) is 0 Å². The topological polar surface area (TPSA) is 78.9 Å². The van der Waals surface area contributed by atoms with Crippen molar-refractivity contribution in [3.8, 4) is 11.4 Å². The van der Waals surface area contributed by atoms with Crippen molar-refractivity contribution >= 4 is 29.3 Å². The van der Waals surface area contributed by atoms with Crippen molar-refractivity contribution in [3.05, 3.63) is 84.8 Å². The lowest BCUT2D eigenvalue weighted by Crippen LogP contribution is -1.94. The fraction of sp³-hybridized carbons (Fsp3) is 0. The molecule has 2 N–H and O–H groups in total. The zero-order valence-corrected chi connectivity index (χ0v) is 14.0. The molecule has 2 heterocycles. The van der Waals surface area contributed by atoms with Gasteiger partial charge in [-0.3, -0.25) is 0 Å². The molecule has 5 nitrogen and oxygen atoms in total. The largest absolute Gasteiger partial charge is 0.478 e. The number of fused-ring (bicyclic) bond motifs is 1. The molecule has 0 radical (unpaired) electrons. The second-order valence-corrected chi connectivity index (χ2v) is 5.02. The van der Waals surface area contributed by atoms with Crippen LogP contribution in [0.25, 0.3) is 22.3 Å². The number of hydrogen-bond donors (Lipinski definition) is 2. The average Bonchev–Trinajstić information content (AvgIpc) is 3.11. The first-order chi connectivity index (χ1) is 11.7. The monoisotopic (exact) mass is 353 g/mol. The van der Waals surface area contributed by atoms with Crippen LogP contribution in [0.15, 0.2) is 79.3 Å². The van der Waals surface area contributed by atoms with Crippen molar-refractivity contribution in [1.82, 2.24) is 15.0 Å². The Balaban J connectivity index is 0.000000173. The summed E-state index contributed by atoms with van der Waals surface area (Å²) in [7, 11) is 0.